The Balaban J connectivity index is 2.35. The van der Waals surface area contributed by atoms with Crippen LogP contribution in [0.3, 0.4) is 0 Å². The van der Waals surface area contributed by atoms with Crippen LogP contribution in [0.1, 0.15) is 6.42 Å². The molecule has 0 saturated carbocycles. The Morgan fingerprint density at radius 1 is 1.58 bits per heavy atom. The third-order valence-electron chi connectivity index (χ3n) is 1.83. The number of nitrogens with one attached hydrogen (secondary N) is 1. The highest BCUT2D eigenvalue weighted by atomic mass is 16.4. The fourth-order valence-corrected chi connectivity index (χ4v) is 1.25. The van der Waals surface area contributed by atoms with Crippen LogP contribution in [0.2, 0.25) is 0 Å². The van der Waals surface area contributed by atoms with Gasteiger partial charge in [-0.25, -0.2) is 9.59 Å². The third-order valence-corrected chi connectivity index (χ3v) is 1.83. The van der Waals surface area contributed by atoms with E-state index in [1.807, 2.05) is 0 Å². The molecule has 0 spiro atoms. The number of hydrogen-bond acceptors (Lipinski definition) is 2. The van der Waals surface area contributed by atoms with Gasteiger partial charge in [0.2, 0.25) is 0 Å². The van der Waals surface area contributed by atoms with Crippen molar-refractivity contribution in [2.45, 2.75) is 12.5 Å². The van der Waals surface area contributed by atoms with E-state index in [2.05, 4.69) is 5.32 Å². The molecule has 1 rings (SSSR count). The summed E-state index contributed by atoms with van der Waals surface area (Å²) in [5.74, 6) is 0. The largest absolute Gasteiger partial charge is 0.465 e. The molecule has 1 atom stereocenters. The zero-order valence-corrected chi connectivity index (χ0v) is 6.49. The predicted molar refractivity (Wildman–Crippen MR) is 40.7 cm³/mol. The molecule has 0 aromatic rings. The second kappa shape index (κ2) is 3.29. The molecule has 6 heteroatoms. The van der Waals surface area contributed by atoms with E-state index in [-0.39, 0.29) is 6.04 Å². The molecule has 1 heterocycles. The zero-order valence-electron chi connectivity index (χ0n) is 6.49. The number of carboxylic acid groups (broad SMARTS) is 1. The molecule has 0 aromatic carbocycles. The molecule has 1 unspecified atom stereocenters. The van der Waals surface area contributed by atoms with Gasteiger partial charge in [-0.1, -0.05) is 0 Å². The van der Waals surface area contributed by atoms with E-state index in [0.29, 0.717) is 19.5 Å². The maximum Gasteiger partial charge on any atom is 0.404 e. The van der Waals surface area contributed by atoms with Crippen molar-refractivity contribution in [3.63, 3.8) is 0 Å². The fourth-order valence-electron chi connectivity index (χ4n) is 1.25. The van der Waals surface area contributed by atoms with Gasteiger partial charge in [0.25, 0.3) is 0 Å². The lowest BCUT2D eigenvalue weighted by atomic mass is 10.3. The summed E-state index contributed by atoms with van der Waals surface area (Å²) >= 11 is 0. The minimum Gasteiger partial charge on any atom is -0.465 e. The topological polar surface area (TPSA) is 95.7 Å². The third kappa shape index (κ3) is 2.01. The molecular weight excluding hydrogens is 162 g/mol. The smallest absolute Gasteiger partial charge is 0.404 e. The minimum absolute atomic E-state index is 0.171. The monoisotopic (exact) mass is 173 g/mol. The Hall–Kier alpha value is -1.46. The molecule has 1 fully saturated rings. The van der Waals surface area contributed by atoms with Crippen LogP contribution in [0.15, 0.2) is 0 Å². The highest BCUT2D eigenvalue weighted by molar-refractivity contribution is 5.72. The molecule has 0 aliphatic carbocycles. The molecule has 4 N–H and O–H groups in total. The van der Waals surface area contributed by atoms with Gasteiger partial charge in [-0.05, 0) is 6.42 Å². The molecule has 1 aliphatic rings. The van der Waals surface area contributed by atoms with Crippen molar-refractivity contribution >= 4 is 12.1 Å². The normalized spacial score (nSPS) is 22.3. The molecule has 1 aliphatic heterocycles. The van der Waals surface area contributed by atoms with E-state index in [1.165, 1.54) is 4.90 Å². The van der Waals surface area contributed by atoms with Crippen LogP contribution in [0.25, 0.3) is 0 Å². The van der Waals surface area contributed by atoms with Crippen LogP contribution in [0.4, 0.5) is 9.59 Å². The lowest BCUT2D eigenvalue weighted by Gasteiger charge is -2.12. The highest BCUT2D eigenvalue weighted by Crippen LogP contribution is 2.07. The van der Waals surface area contributed by atoms with Crippen molar-refractivity contribution in [2.75, 3.05) is 13.1 Å². The van der Waals surface area contributed by atoms with E-state index in [0.717, 1.165) is 0 Å². The number of amides is 3. The van der Waals surface area contributed by atoms with Crippen LogP contribution in [0.5, 0.6) is 0 Å². The van der Waals surface area contributed by atoms with Gasteiger partial charge in [0.15, 0.2) is 0 Å². The lowest BCUT2D eigenvalue weighted by Crippen LogP contribution is -2.39. The van der Waals surface area contributed by atoms with Gasteiger partial charge in [0.1, 0.15) is 0 Å². The summed E-state index contributed by atoms with van der Waals surface area (Å²) in [6.45, 7) is 0.905. The Morgan fingerprint density at radius 3 is 2.67 bits per heavy atom. The predicted octanol–water partition coefficient (Wildman–Crippen LogP) is -0.593. The minimum atomic E-state index is -1.06. The molecule has 12 heavy (non-hydrogen) atoms. The van der Waals surface area contributed by atoms with Gasteiger partial charge < -0.3 is 21.1 Å². The van der Waals surface area contributed by atoms with Crippen LogP contribution >= 0.6 is 0 Å². The number of likely N-dealkylation sites (tertiary alicyclic amines) is 1. The molecule has 68 valence electrons. The second-order valence-electron chi connectivity index (χ2n) is 2.72. The summed E-state index contributed by atoms with van der Waals surface area (Å²) in [7, 11) is 0. The van der Waals surface area contributed by atoms with Gasteiger partial charge in [0.05, 0.1) is 6.04 Å². The Morgan fingerprint density at radius 2 is 2.25 bits per heavy atom. The molecule has 0 bridgehead atoms. The summed E-state index contributed by atoms with van der Waals surface area (Å²) < 4.78 is 0. The quantitative estimate of drug-likeness (QED) is 0.494. The average Bonchev–Trinajstić information content (AvgIpc) is 2.34. The summed E-state index contributed by atoms with van der Waals surface area (Å²) in [4.78, 5) is 22.2. The van der Waals surface area contributed by atoms with Crippen molar-refractivity contribution in [2.24, 2.45) is 5.73 Å². The van der Waals surface area contributed by atoms with E-state index in [4.69, 9.17) is 10.8 Å². The van der Waals surface area contributed by atoms with Gasteiger partial charge in [0, 0.05) is 13.1 Å². The number of urea groups is 1. The maximum absolute atomic E-state index is 10.6. The summed E-state index contributed by atoms with van der Waals surface area (Å²) in [6.07, 6.45) is -0.429. The standard InChI is InChI=1S/C6H11N3O3/c7-5(10)9-2-1-4(3-9)8-6(11)12/h4,8H,1-3H2,(H2,7,10)(H,11,12). The zero-order chi connectivity index (χ0) is 9.14. The SMILES string of the molecule is NC(=O)N1CCC(NC(=O)O)C1. The Kier molecular flexibility index (Phi) is 2.37. The van der Waals surface area contributed by atoms with Crippen LogP contribution in [0, 0.1) is 0 Å². The summed E-state index contributed by atoms with van der Waals surface area (Å²) in [6, 6.07) is -0.667. The number of hydrogen-bond donors (Lipinski definition) is 3. The number of primary amides is 1. The first-order chi connectivity index (χ1) is 5.59. The molecule has 1 saturated heterocycles. The van der Waals surface area contributed by atoms with Crippen molar-refractivity contribution in [3.8, 4) is 0 Å². The maximum atomic E-state index is 10.6. The van der Waals surface area contributed by atoms with E-state index in [9.17, 15) is 9.59 Å². The molecule has 3 amide bonds. The van der Waals surface area contributed by atoms with Gasteiger partial charge in [-0.3, -0.25) is 0 Å². The van der Waals surface area contributed by atoms with E-state index < -0.39 is 12.1 Å². The molecule has 0 aromatic heterocycles. The van der Waals surface area contributed by atoms with Crippen LogP contribution in [-0.4, -0.2) is 41.3 Å². The van der Waals surface area contributed by atoms with E-state index >= 15 is 0 Å². The summed E-state index contributed by atoms with van der Waals surface area (Å²) in [5, 5.41) is 10.6. The number of carbonyl (C=O) groups is 2. The first-order valence-electron chi connectivity index (χ1n) is 3.63. The summed E-state index contributed by atoms with van der Waals surface area (Å²) in [5.41, 5.74) is 5.00. The first kappa shape index (κ1) is 8.63. The first-order valence-corrected chi connectivity index (χ1v) is 3.63. The number of carbonyl (C=O) groups excluding carboxylic acids is 1. The van der Waals surface area contributed by atoms with Gasteiger partial charge >= 0.3 is 12.1 Å². The van der Waals surface area contributed by atoms with Crippen molar-refractivity contribution in [3.05, 3.63) is 0 Å². The van der Waals surface area contributed by atoms with Crippen LogP contribution < -0.4 is 11.1 Å². The fraction of sp³-hybridized carbons (Fsp3) is 0.667. The van der Waals surface area contributed by atoms with E-state index in [1.54, 1.807) is 0 Å². The Labute approximate surface area is 69.3 Å². The molecular formula is C6H11N3O3. The van der Waals surface area contributed by atoms with Crippen molar-refractivity contribution in [1.29, 1.82) is 0 Å². The van der Waals surface area contributed by atoms with Gasteiger partial charge in [-0.15, -0.1) is 0 Å². The van der Waals surface area contributed by atoms with Crippen LogP contribution in [-0.2, 0) is 0 Å². The second-order valence-corrected chi connectivity index (χ2v) is 2.72. The lowest BCUT2D eigenvalue weighted by molar-refractivity contribution is 0.189. The average molecular weight is 173 g/mol. The number of rotatable bonds is 1. The molecule has 0 radical (unpaired) electrons. The van der Waals surface area contributed by atoms with Crippen molar-refractivity contribution < 1.29 is 14.7 Å². The van der Waals surface area contributed by atoms with Gasteiger partial charge in [-0.2, -0.15) is 0 Å². The molecule has 6 nitrogen and oxygen atoms in total. The highest BCUT2D eigenvalue weighted by Gasteiger charge is 2.25. The number of nitrogens with two attached hydrogens (primary N) is 1. The Bertz CT molecular complexity index is 206. The van der Waals surface area contributed by atoms with Crippen molar-refractivity contribution in [1.82, 2.24) is 10.2 Å². The number of nitrogens with zero attached hydrogens (tertiary/aromatic N) is 1.